The van der Waals surface area contributed by atoms with Crippen LogP contribution in [0.3, 0.4) is 0 Å². The van der Waals surface area contributed by atoms with Crippen LogP contribution in [0.4, 0.5) is 4.39 Å². The van der Waals surface area contributed by atoms with Crippen molar-refractivity contribution in [2.24, 2.45) is 0 Å². The fraction of sp³-hybridized carbons (Fsp3) is 0. The number of halogens is 1. The Kier molecular flexibility index (Phi) is 1.55. The zero-order valence-corrected chi connectivity index (χ0v) is 6.45. The molecule has 0 spiro atoms. The summed E-state index contributed by atoms with van der Waals surface area (Å²) in [6.45, 7) is 0. The van der Waals surface area contributed by atoms with Crippen LogP contribution in [0.5, 0.6) is 5.75 Å². The first-order valence-corrected chi connectivity index (χ1v) is 3.59. The predicted molar refractivity (Wildman–Crippen MR) is 44.1 cm³/mol. The summed E-state index contributed by atoms with van der Waals surface area (Å²) in [7, 11) is 0. The molecule has 0 aliphatic heterocycles. The van der Waals surface area contributed by atoms with Crippen molar-refractivity contribution in [3.63, 3.8) is 0 Å². The summed E-state index contributed by atoms with van der Waals surface area (Å²) < 4.78 is 17.3. The first-order chi connectivity index (χ1) is 6.16. The molecular weight excluding hydrogens is 175 g/mol. The second-order valence-electron chi connectivity index (χ2n) is 2.59. The molecule has 1 aromatic heterocycles. The van der Waals surface area contributed by atoms with Crippen molar-refractivity contribution in [2.75, 3.05) is 0 Å². The Morgan fingerprint density at radius 2 is 2.08 bits per heavy atom. The van der Waals surface area contributed by atoms with Crippen LogP contribution >= 0.6 is 0 Å². The van der Waals surface area contributed by atoms with Gasteiger partial charge in [-0.05, 0) is 12.1 Å². The minimum Gasteiger partial charge on any atom is -0.507 e. The van der Waals surface area contributed by atoms with Crippen molar-refractivity contribution < 1.29 is 13.9 Å². The second-order valence-corrected chi connectivity index (χ2v) is 2.59. The summed E-state index contributed by atoms with van der Waals surface area (Å²) in [5.74, 6) is -0.715. The molecule has 0 aliphatic carbocycles. The van der Waals surface area contributed by atoms with Crippen LogP contribution in [-0.2, 0) is 0 Å². The molecular formula is C9H5FO3. The Balaban J connectivity index is 2.94. The van der Waals surface area contributed by atoms with Gasteiger partial charge in [0.1, 0.15) is 17.1 Å². The van der Waals surface area contributed by atoms with E-state index in [1.165, 1.54) is 12.1 Å². The lowest BCUT2D eigenvalue weighted by molar-refractivity contribution is 0.467. The van der Waals surface area contributed by atoms with Crippen LogP contribution in [0.25, 0.3) is 11.0 Å². The van der Waals surface area contributed by atoms with E-state index in [-0.39, 0.29) is 11.3 Å². The van der Waals surface area contributed by atoms with E-state index in [1.807, 2.05) is 0 Å². The molecule has 3 nitrogen and oxygen atoms in total. The number of benzene rings is 1. The lowest BCUT2D eigenvalue weighted by Crippen LogP contribution is -1.95. The molecule has 0 bridgehead atoms. The molecule has 1 heterocycles. The van der Waals surface area contributed by atoms with Gasteiger partial charge in [-0.15, -0.1) is 0 Å². The van der Waals surface area contributed by atoms with Crippen LogP contribution in [-0.4, -0.2) is 5.11 Å². The second kappa shape index (κ2) is 2.58. The van der Waals surface area contributed by atoms with E-state index in [1.54, 1.807) is 0 Å². The SMILES string of the molecule is O=c1cc(O)c2ccc(F)cc2o1. The highest BCUT2D eigenvalue weighted by atomic mass is 19.1. The molecule has 66 valence electrons. The number of fused-ring (bicyclic) bond motifs is 1. The number of rotatable bonds is 0. The fourth-order valence-corrected chi connectivity index (χ4v) is 1.12. The third-order valence-electron chi connectivity index (χ3n) is 1.68. The third-order valence-corrected chi connectivity index (χ3v) is 1.68. The van der Waals surface area contributed by atoms with Gasteiger partial charge in [-0.3, -0.25) is 0 Å². The maximum absolute atomic E-state index is 12.7. The maximum atomic E-state index is 12.7. The Labute approximate surface area is 72.0 Å². The summed E-state index contributed by atoms with van der Waals surface area (Å²) in [5.41, 5.74) is -0.652. The monoisotopic (exact) mass is 180 g/mol. The van der Waals surface area contributed by atoms with Crippen molar-refractivity contribution in [3.8, 4) is 5.75 Å². The number of hydrogen-bond acceptors (Lipinski definition) is 3. The highest BCUT2D eigenvalue weighted by Crippen LogP contribution is 2.22. The molecule has 0 saturated carbocycles. The third kappa shape index (κ3) is 1.26. The molecule has 2 aromatic rings. The molecule has 1 N–H and O–H groups in total. The highest BCUT2D eigenvalue weighted by Gasteiger charge is 2.04. The van der Waals surface area contributed by atoms with Gasteiger partial charge < -0.3 is 9.52 Å². The van der Waals surface area contributed by atoms with Crippen molar-refractivity contribution in [2.45, 2.75) is 0 Å². The van der Waals surface area contributed by atoms with E-state index in [4.69, 9.17) is 0 Å². The van der Waals surface area contributed by atoms with Gasteiger partial charge in [0, 0.05) is 6.07 Å². The zero-order valence-electron chi connectivity index (χ0n) is 6.45. The predicted octanol–water partition coefficient (Wildman–Crippen LogP) is 1.64. The van der Waals surface area contributed by atoms with Crippen LogP contribution in [0, 0.1) is 5.82 Å². The molecule has 0 fully saturated rings. The van der Waals surface area contributed by atoms with E-state index < -0.39 is 11.4 Å². The molecule has 13 heavy (non-hydrogen) atoms. The van der Waals surface area contributed by atoms with Gasteiger partial charge >= 0.3 is 5.63 Å². The van der Waals surface area contributed by atoms with Crippen molar-refractivity contribution >= 4 is 11.0 Å². The van der Waals surface area contributed by atoms with Crippen LogP contribution in [0.1, 0.15) is 0 Å². The minimum atomic E-state index is -0.699. The molecule has 4 heteroatoms. The van der Waals surface area contributed by atoms with Gasteiger partial charge in [-0.25, -0.2) is 9.18 Å². The zero-order chi connectivity index (χ0) is 9.42. The van der Waals surface area contributed by atoms with E-state index in [2.05, 4.69) is 4.42 Å². The molecule has 1 aromatic carbocycles. The van der Waals surface area contributed by atoms with Crippen molar-refractivity contribution in [1.82, 2.24) is 0 Å². The Morgan fingerprint density at radius 3 is 2.85 bits per heavy atom. The number of hydrogen-bond donors (Lipinski definition) is 1. The smallest absolute Gasteiger partial charge is 0.339 e. The van der Waals surface area contributed by atoms with Gasteiger partial charge in [0.25, 0.3) is 0 Å². The molecule has 0 aliphatic rings. The average molecular weight is 180 g/mol. The average Bonchev–Trinajstić information content (AvgIpc) is 2.02. The van der Waals surface area contributed by atoms with Crippen LogP contribution < -0.4 is 5.63 Å². The lowest BCUT2D eigenvalue weighted by Gasteiger charge is -1.97. The van der Waals surface area contributed by atoms with Crippen LogP contribution in [0.15, 0.2) is 33.5 Å². The molecule has 0 saturated heterocycles. The first-order valence-electron chi connectivity index (χ1n) is 3.59. The summed E-state index contributed by atoms with van der Waals surface area (Å²) in [4.78, 5) is 10.8. The highest BCUT2D eigenvalue weighted by molar-refractivity contribution is 5.82. The van der Waals surface area contributed by atoms with Crippen LogP contribution in [0.2, 0.25) is 0 Å². The first kappa shape index (κ1) is 7.79. The van der Waals surface area contributed by atoms with E-state index in [0.29, 0.717) is 5.39 Å². The topological polar surface area (TPSA) is 50.4 Å². The fourth-order valence-electron chi connectivity index (χ4n) is 1.12. The van der Waals surface area contributed by atoms with Gasteiger partial charge in [0.05, 0.1) is 11.5 Å². The molecule has 2 rings (SSSR count). The van der Waals surface area contributed by atoms with E-state index in [0.717, 1.165) is 12.1 Å². The lowest BCUT2D eigenvalue weighted by atomic mass is 10.2. The Bertz CT molecular complexity index is 516. The quantitative estimate of drug-likeness (QED) is 0.627. The normalized spacial score (nSPS) is 10.5. The number of aromatic hydroxyl groups is 1. The Morgan fingerprint density at radius 1 is 1.31 bits per heavy atom. The molecule has 0 atom stereocenters. The van der Waals surface area contributed by atoms with Crippen molar-refractivity contribution in [1.29, 1.82) is 0 Å². The summed E-state index contributed by atoms with van der Waals surface area (Å²) in [6, 6.07) is 4.53. The van der Waals surface area contributed by atoms with Gasteiger partial charge in [0.15, 0.2) is 0 Å². The van der Waals surface area contributed by atoms with E-state index in [9.17, 15) is 14.3 Å². The summed E-state index contributed by atoms with van der Waals surface area (Å²) >= 11 is 0. The van der Waals surface area contributed by atoms with Gasteiger partial charge in [-0.2, -0.15) is 0 Å². The standard InChI is InChI=1S/C9H5FO3/c10-5-1-2-6-7(11)4-9(12)13-8(6)3-5/h1-4,11H. The minimum absolute atomic E-state index is 0.0463. The molecule has 0 amide bonds. The Hall–Kier alpha value is -1.84. The largest absolute Gasteiger partial charge is 0.507 e. The molecule has 0 radical (unpaired) electrons. The van der Waals surface area contributed by atoms with E-state index >= 15 is 0 Å². The van der Waals surface area contributed by atoms with Crippen molar-refractivity contribution in [3.05, 3.63) is 40.5 Å². The van der Waals surface area contributed by atoms with Gasteiger partial charge in [-0.1, -0.05) is 0 Å². The molecule has 0 unspecified atom stereocenters. The maximum Gasteiger partial charge on any atom is 0.339 e. The summed E-state index contributed by atoms with van der Waals surface area (Å²) in [6.07, 6.45) is 0. The summed E-state index contributed by atoms with van der Waals surface area (Å²) in [5, 5.41) is 9.58. The van der Waals surface area contributed by atoms with Gasteiger partial charge in [0.2, 0.25) is 0 Å².